The third-order valence-electron chi connectivity index (χ3n) is 4.15. The number of likely N-dealkylation sites (N-methyl/N-ethyl adjacent to an activating group) is 2. The van der Waals surface area contributed by atoms with Crippen LogP contribution in [0.1, 0.15) is 30.1 Å². The number of likely N-dealkylation sites (tertiary alicyclic amines) is 1. The van der Waals surface area contributed by atoms with Crippen LogP contribution in [0, 0.1) is 5.82 Å². The monoisotopic (exact) mass is 295 g/mol. The first-order valence-electron chi connectivity index (χ1n) is 7.21. The molecule has 1 aliphatic rings. The summed E-state index contributed by atoms with van der Waals surface area (Å²) < 4.78 is 13.8. The number of hydrogen-bond donors (Lipinski definition) is 2. The fourth-order valence-electron chi connectivity index (χ4n) is 3.01. The highest BCUT2D eigenvalue weighted by atomic mass is 19.1. The zero-order valence-electron chi connectivity index (χ0n) is 12.5. The van der Waals surface area contributed by atoms with Gasteiger partial charge in [0.15, 0.2) is 0 Å². The van der Waals surface area contributed by atoms with E-state index in [4.69, 9.17) is 10.8 Å². The summed E-state index contributed by atoms with van der Waals surface area (Å²) in [4.78, 5) is 15.2. The van der Waals surface area contributed by atoms with Crippen LogP contribution in [0.5, 0.6) is 0 Å². The lowest BCUT2D eigenvalue weighted by molar-refractivity contribution is 0.0692. The van der Waals surface area contributed by atoms with Crippen LogP contribution in [0.4, 0.5) is 15.8 Å². The predicted molar refractivity (Wildman–Crippen MR) is 81.3 cm³/mol. The number of rotatable bonds is 5. The lowest BCUT2D eigenvalue weighted by Gasteiger charge is -2.29. The summed E-state index contributed by atoms with van der Waals surface area (Å²) in [5, 5.41) is 8.90. The second-order valence-electron chi connectivity index (χ2n) is 5.50. The van der Waals surface area contributed by atoms with Crippen LogP contribution >= 0.6 is 0 Å². The maximum absolute atomic E-state index is 13.8. The van der Waals surface area contributed by atoms with Gasteiger partial charge in [-0.15, -0.1) is 0 Å². The average molecular weight is 295 g/mol. The zero-order chi connectivity index (χ0) is 15.6. The molecule has 0 aromatic heterocycles. The molecule has 0 bridgehead atoms. The average Bonchev–Trinajstić information content (AvgIpc) is 2.87. The van der Waals surface area contributed by atoms with Crippen molar-refractivity contribution in [3.63, 3.8) is 0 Å². The van der Waals surface area contributed by atoms with Crippen molar-refractivity contribution in [2.24, 2.45) is 0 Å². The summed E-state index contributed by atoms with van der Waals surface area (Å²) in [6, 6.07) is 2.83. The molecule has 1 fully saturated rings. The minimum absolute atomic E-state index is 0.289. The number of halogens is 1. The van der Waals surface area contributed by atoms with Gasteiger partial charge in [0.05, 0.1) is 16.9 Å². The summed E-state index contributed by atoms with van der Waals surface area (Å²) in [5.41, 5.74) is 6.33. The third kappa shape index (κ3) is 3.26. The number of carboxylic acids is 1. The Balaban J connectivity index is 2.17. The van der Waals surface area contributed by atoms with Gasteiger partial charge in [0.1, 0.15) is 5.82 Å². The van der Waals surface area contributed by atoms with E-state index < -0.39 is 11.8 Å². The van der Waals surface area contributed by atoms with Crippen LogP contribution in [0.15, 0.2) is 12.1 Å². The van der Waals surface area contributed by atoms with E-state index in [1.54, 1.807) is 0 Å². The lowest BCUT2D eigenvalue weighted by Crippen LogP contribution is -2.39. The largest absolute Gasteiger partial charge is 0.478 e. The van der Waals surface area contributed by atoms with Crippen molar-refractivity contribution in [2.45, 2.75) is 25.8 Å². The summed E-state index contributed by atoms with van der Waals surface area (Å²) in [6.45, 7) is 4.98. The molecule has 116 valence electrons. The molecule has 0 aliphatic carbocycles. The molecule has 3 N–H and O–H groups in total. The SMILES string of the molecule is CCN1CCCC1CN(C)c1cc(F)c(C(=O)O)cc1N. The third-order valence-corrected chi connectivity index (χ3v) is 4.15. The van der Waals surface area contributed by atoms with E-state index in [-0.39, 0.29) is 11.3 Å². The zero-order valence-corrected chi connectivity index (χ0v) is 12.5. The fourth-order valence-corrected chi connectivity index (χ4v) is 3.01. The summed E-state index contributed by atoms with van der Waals surface area (Å²) >= 11 is 0. The molecule has 21 heavy (non-hydrogen) atoms. The molecule has 0 amide bonds. The van der Waals surface area contributed by atoms with E-state index in [9.17, 15) is 9.18 Å². The van der Waals surface area contributed by atoms with Gasteiger partial charge in [-0.25, -0.2) is 9.18 Å². The maximum Gasteiger partial charge on any atom is 0.338 e. The predicted octanol–water partition coefficient (Wildman–Crippen LogP) is 2.03. The van der Waals surface area contributed by atoms with Crippen LogP contribution in [-0.4, -0.2) is 48.7 Å². The molecule has 0 spiro atoms. The molecule has 0 radical (unpaired) electrons. The smallest absolute Gasteiger partial charge is 0.338 e. The minimum atomic E-state index is -1.30. The molecule has 1 aromatic rings. The molecule has 1 heterocycles. The molecule has 1 atom stereocenters. The van der Waals surface area contributed by atoms with Gasteiger partial charge in [0.25, 0.3) is 0 Å². The molecule has 1 saturated heterocycles. The molecule has 6 heteroatoms. The standard InChI is InChI=1S/C15H22FN3O2/c1-3-19-6-4-5-10(19)9-18(2)14-8-12(16)11(15(20)21)7-13(14)17/h7-8,10H,3-6,9,17H2,1-2H3,(H,20,21). The molecule has 2 rings (SSSR count). The molecule has 1 aromatic carbocycles. The topological polar surface area (TPSA) is 69.8 Å². The lowest BCUT2D eigenvalue weighted by atomic mass is 10.1. The van der Waals surface area contributed by atoms with Gasteiger partial charge in [0.2, 0.25) is 0 Å². The number of anilines is 2. The van der Waals surface area contributed by atoms with Crippen molar-refractivity contribution in [3.05, 3.63) is 23.5 Å². The van der Waals surface area contributed by atoms with Gasteiger partial charge < -0.3 is 15.7 Å². The number of hydrogen-bond acceptors (Lipinski definition) is 4. The first-order chi connectivity index (χ1) is 9.93. The van der Waals surface area contributed by atoms with Crippen LogP contribution in [-0.2, 0) is 0 Å². The highest BCUT2D eigenvalue weighted by molar-refractivity contribution is 5.90. The van der Waals surface area contributed by atoms with Gasteiger partial charge in [-0.3, -0.25) is 4.90 Å². The number of benzene rings is 1. The Morgan fingerprint density at radius 2 is 2.29 bits per heavy atom. The summed E-state index contributed by atoms with van der Waals surface area (Å²) in [5.74, 6) is -2.06. The fraction of sp³-hybridized carbons (Fsp3) is 0.533. The molecular weight excluding hydrogens is 273 g/mol. The Bertz CT molecular complexity index is 536. The van der Waals surface area contributed by atoms with E-state index in [1.807, 2.05) is 11.9 Å². The van der Waals surface area contributed by atoms with E-state index in [0.29, 0.717) is 11.7 Å². The van der Waals surface area contributed by atoms with Crippen molar-refractivity contribution in [3.8, 4) is 0 Å². The Hall–Kier alpha value is -1.82. The van der Waals surface area contributed by atoms with Crippen molar-refractivity contribution < 1.29 is 14.3 Å². The second kappa shape index (κ2) is 6.30. The highest BCUT2D eigenvalue weighted by Gasteiger charge is 2.25. The number of nitrogen functional groups attached to an aromatic ring is 1. The molecule has 1 unspecified atom stereocenters. The van der Waals surface area contributed by atoms with Gasteiger partial charge in [-0.2, -0.15) is 0 Å². The van der Waals surface area contributed by atoms with Crippen LogP contribution < -0.4 is 10.6 Å². The molecule has 0 saturated carbocycles. The number of carbonyl (C=O) groups is 1. The molecule has 1 aliphatic heterocycles. The number of nitrogens with zero attached hydrogens (tertiary/aromatic N) is 2. The Kier molecular flexibility index (Phi) is 4.67. The van der Waals surface area contributed by atoms with E-state index >= 15 is 0 Å². The summed E-state index contributed by atoms with van der Waals surface area (Å²) in [7, 11) is 1.86. The number of carboxylic acid groups (broad SMARTS) is 1. The van der Waals surface area contributed by atoms with Crippen molar-refractivity contribution in [2.75, 3.05) is 37.3 Å². The first-order valence-corrected chi connectivity index (χ1v) is 7.21. The Morgan fingerprint density at radius 3 is 2.90 bits per heavy atom. The number of aromatic carboxylic acids is 1. The second-order valence-corrected chi connectivity index (χ2v) is 5.50. The Labute approximate surface area is 124 Å². The maximum atomic E-state index is 13.8. The van der Waals surface area contributed by atoms with E-state index in [2.05, 4.69) is 11.8 Å². The Morgan fingerprint density at radius 1 is 1.57 bits per heavy atom. The van der Waals surface area contributed by atoms with Crippen molar-refractivity contribution in [1.29, 1.82) is 0 Å². The molecule has 5 nitrogen and oxygen atoms in total. The normalized spacial score (nSPS) is 18.9. The van der Waals surface area contributed by atoms with Gasteiger partial charge in [-0.1, -0.05) is 6.92 Å². The first kappa shape index (κ1) is 15.6. The van der Waals surface area contributed by atoms with Crippen LogP contribution in [0.3, 0.4) is 0 Å². The quantitative estimate of drug-likeness (QED) is 0.813. The minimum Gasteiger partial charge on any atom is -0.478 e. The van der Waals surface area contributed by atoms with E-state index in [0.717, 1.165) is 26.1 Å². The highest BCUT2D eigenvalue weighted by Crippen LogP contribution is 2.28. The van der Waals surface area contributed by atoms with E-state index in [1.165, 1.54) is 18.6 Å². The van der Waals surface area contributed by atoms with Gasteiger partial charge in [0, 0.05) is 25.7 Å². The number of nitrogens with two attached hydrogens (primary N) is 1. The van der Waals surface area contributed by atoms with Crippen molar-refractivity contribution >= 4 is 17.3 Å². The van der Waals surface area contributed by atoms with Crippen LogP contribution in [0.2, 0.25) is 0 Å². The van der Waals surface area contributed by atoms with Crippen LogP contribution in [0.25, 0.3) is 0 Å². The van der Waals surface area contributed by atoms with Crippen molar-refractivity contribution in [1.82, 2.24) is 4.90 Å². The van der Waals surface area contributed by atoms with Gasteiger partial charge in [-0.05, 0) is 32.0 Å². The van der Waals surface area contributed by atoms with Gasteiger partial charge >= 0.3 is 5.97 Å². The summed E-state index contributed by atoms with van der Waals surface area (Å²) in [6.07, 6.45) is 2.29. The molecular formula is C15H22FN3O2.